The molecule has 2 aliphatic heterocycles. The molecule has 5 nitrogen and oxygen atoms in total. The van der Waals surface area contributed by atoms with Crippen molar-refractivity contribution >= 4 is 17.7 Å². The Morgan fingerprint density at radius 2 is 1.84 bits per heavy atom. The highest BCUT2D eigenvalue weighted by molar-refractivity contribution is 7.98. The highest BCUT2D eigenvalue weighted by atomic mass is 32.2. The Bertz CT molecular complexity index is 1290. The van der Waals surface area contributed by atoms with Crippen LogP contribution in [-0.4, -0.2) is 28.2 Å². The number of hydrogen-bond donors (Lipinski definition) is 0. The molecule has 3 aromatic rings. The van der Waals surface area contributed by atoms with Gasteiger partial charge in [-0.05, 0) is 55.7 Å². The number of aromatic nitrogens is 1. The Hall–Kier alpha value is -3.06. The Morgan fingerprint density at radius 3 is 2.62 bits per heavy atom. The fourth-order valence-corrected chi connectivity index (χ4v) is 5.64. The molecule has 164 valence electrons. The number of carbonyl (C=O) groups excluding carboxylic acids is 1. The zero-order chi connectivity index (χ0) is 22.6. The van der Waals surface area contributed by atoms with E-state index < -0.39 is 0 Å². The highest BCUT2D eigenvalue weighted by Crippen LogP contribution is 2.43. The molecule has 0 saturated heterocycles. The van der Waals surface area contributed by atoms with Gasteiger partial charge in [-0.1, -0.05) is 24.3 Å². The quantitative estimate of drug-likeness (QED) is 0.580. The molecule has 0 spiro atoms. The summed E-state index contributed by atoms with van der Waals surface area (Å²) in [5.74, 6) is 0.322. The van der Waals surface area contributed by atoms with Gasteiger partial charge in [-0.3, -0.25) is 19.3 Å². The minimum Gasteiger partial charge on any atom is -0.316 e. The maximum atomic E-state index is 14.5. The number of thioether (sulfide) groups is 1. The lowest BCUT2D eigenvalue weighted by Crippen LogP contribution is -2.57. The van der Waals surface area contributed by atoms with Gasteiger partial charge in [-0.15, -0.1) is 11.8 Å². The van der Waals surface area contributed by atoms with Crippen LogP contribution in [0.4, 0.5) is 4.39 Å². The van der Waals surface area contributed by atoms with Gasteiger partial charge >= 0.3 is 0 Å². The normalized spacial score (nSPS) is 17.7. The lowest BCUT2D eigenvalue weighted by atomic mass is 9.94. The monoisotopic (exact) mass is 449 g/mol. The summed E-state index contributed by atoms with van der Waals surface area (Å²) >= 11 is 1.69. The van der Waals surface area contributed by atoms with E-state index in [1.54, 1.807) is 40.5 Å². The first-order chi connectivity index (χ1) is 15.4. The van der Waals surface area contributed by atoms with Crippen molar-refractivity contribution in [1.82, 2.24) is 9.58 Å². The van der Waals surface area contributed by atoms with E-state index in [-0.39, 0.29) is 29.2 Å². The van der Waals surface area contributed by atoms with Gasteiger partial charge in [-0.2, -0.15) is 0 Å². The summed E-state index contributed by atoms with van der Waals surface area (Å²) in [6.07, 6.45) is 1.67. The van der Waals surface area contributed by atoms with E-state index in [9.17, 15) is 14.0 Å². The van der Waals surface area contributed by atoms with Gasteiger partial charge in [0.1, 0.15) is 18.2 Å². The van der Waals surface area contributed by atoms with E-state index >= 15 is 0 Å². The van der Waals surface area contributed by atoms with Crippen LogP contribution in [0.5, 0.6) is 0 Å². The van der Waals surface area contributed by atoms with Crippen LogP contribution in [0.3, 0.4) is 0 Å². The molecule has 7 heteroatoms. The van der Waals surface area contributed by atoms with Crippen LogP contribution in [-0.2, 0) is 5.75 Å². The zero-order valence-corrected chi connectivity index (χ0v) is 19.0. The Morgan fingerprint density at radius 1 is 1.06 bits per heavy atom. The molecule has 3 heterocycles. The number of hydrogen-bond acceptors (Lipinski definition) is 4. The van der Waals surface area contributed by atoms with Crippen LogP contribution in [0.15, 0.2) is 64.4 Å². The summed E-state index contributed by atoms with van der Waals surface area (Å²) in [5.41, 5.74) is 3.73. The van der Waals surface area contributed by atoms with Crippen molar-refractivity contribution in [2.45, 2.75) is 43.5 Å². The van der Waals surface area contributed by atoms with Crippen LogP contribution in [0.2, 0.25) is 0 Å². The molecule has 2 aromatic carbocycles. The first-order valence-electron chi connectivity index (χ1n) is 10.7. The molecular formula is C25H24FN3O2S. The van der Waals surface area contributed by atoms with Gasteiger partial charge in [0.2, 0.25) is 0 Å². The number of pyridine rings is 1. The predicted molar refractivity (Wildman–Crippen MR) is 124 cm³/mol. The smallest absolute Gasteiger partial charge is 0.274 e. The van der Waals surface area contributed by atoms with Crippen LogP contribution < -0.4 is 10.4 Å². The van der Waals surface area contributed by atoms with E-state index in [4.69, 9.17) is 0 Å². The Labute approximate surface area is 190 Å². The Balaban J connectivity index is 1.80. The molecule has 0 aliphatic carbocycles. The SMILES string of the molecule is Cc1c2n(ccc1=O)N(C1c3ccccc3CSc3ccc(F)cc31)CN(C(C)C)C2=O. The standard InChI is InChI=1S/C25H24FN3O2S/c1-15(2)27-14-29(28-11-10-21(30)16(3)23(28)25(27)31)24-19-7-5-4-6-17(19)13-32-22-9-8-18(26)12-20(22)24/h4-12,15,24H,13-14H2,1-3H3. The fourth-order valence-electron chi connectivity index (χ4n) is 4.57. The first-order valence-corrected chi connectivity index (χ1v) is 11.7. The van der Waals surface area contributed by atoms with Gasteiger partial charge in [0.25, 0.3) is 5.91 Å². The van der Waals surface area contributed by atoms with Crippen LogP contribution >= 0.6 is 11.8 Å². The average molecular weight is 450 g/mol. The van der Waals surface area contributed by atoms with Crippen molar-refractivity contribution in [2.24, 2.45) is 0 Å². The highest BCUT2D eigenvalue weighted by Gasteiger charge is 2.38. The summed E-state index contributed by atoms with van der Waals surface area (Å²) in [4.78, 5) is 28.6. The average Bonchev–Trinajstić information content (AvgIpc) is 2.93. The Kier molecular flexibility index (Phi) is 5.08. The van der Waals surface area contributed by atoms with E-state index in [0.717, 1.165) is 21.8 Å². The summed E-state index contributed by atoms with van der Waals surface area (Å²) < 4.78 is 16.3. The van der Waals surface area contributed by atoms with Gasteiger partial charge in [0.05, 0.1) is 6.04 Å². The molecule has 0 fully saturated rings. The minimum atomic E-state index is -0.318. The number of fused-ring (bicyclic) bond motifs is 3. The van der Waals surface area contributed by atoms with Crippen molar-refractivity contribution in [1.29, 1.82) is 0 Å². The molecule has 1 aromatic heterocycles. The molecule has 1 amide bonds. The number of carbonyl (C=O) groups is 1. The molecule has 0 bridgehead atoms. The van der Waals surface area contributed by atoms with Crippen LogP contribution in [0, 0.1) is 12.7 Å². The maximum absolute atomic E-state index is 14.5. The molecule has 1 unspecified atom stereocenters. The summed E-state index contributed by atoms with van der Waals surface area (Å²) in [5, 5.41) is 2.08. The molecule has 0 N–H and O–H groups in total. The lowest BCUT2D eigenvalue weighted by Gasteiger charge is -2.45. The lowest BCUT2D eigenvalue weighted by molar-refractivity contribution is 0.0625. The molecule has 5 rings (SSSR count). The van der Waals surface area contributed by atoms with E-state index in [1.807, 2.05) is 32.0 Å². The number of benzene rings is 2. The summed E-state index contributed by atoms with van der Waals surface area (Å²) in [6, 6.07) is 14.2. The second kappa shape index (κ2) is 7.81. The third-order valence-electron chi connectivity index (χ3n) is 6.28. The van der Waals surface area contributed by atoms with Crippen molar-refractivity contribution < 1.29 is 9.18 Å². The van der Waals surface area contributed by atoms with Gasteiger partial charge < -0.3 is 4.90 Å². The number of rotatable bonds is 2. The van der Waals surface area contributed by atoms with Gasteiger partial charge in [-0.25, -0.2) is 4.39 Å². The third-order valence-corrected chi connectivity index (χ3v) is 7.42. The van der Waals surface area contributed by atoms with Gasteiger partial charge in [0.15, 0.2) is 5.43 Å². The molecule has 0 radical (unpaired) electrons. The van der Waals surface area contributed by atoms with Crippen LogP contribution in [0.25, 0.3) is 0 Å². The molecular weight excluding hydrogens is 425 g/mol. The number of nitrogens with zero attached hydrogens (tertiary/aromatic N) is 3. The zero-order valence-electron chi connectivity index (χ0n) is 18.2. The second-order valence-electron chi connectivity index (χ2n) is 8.52. The number of halogens is 1. The summed E-state index contributed by atoms with van der Waals surface area (Å²) in [7, 11) is 0. The third kappa shape index (κ3) is 3.23. The van der Waals surface area contributed by atoms with Crippen molar-refractivity contribution in [3.8, 4) is 0 Å². The predicted octanol–water partition coefficient (Wildman–Crippen LogP) is 4.45. The molecule has 2 aliphatic rings. The van der Waals surface area contributed by atoms with E-state index in [0.29, 0.717) is 17.9 Å². The topological polar surface area (TPSA) is 45.6 Å². The molecule has 32 heavy (non-hydrogen) atoms. The van der Waals surface area contributed by atoms with E-state index in [2.05, 4.69) is 17.1 Å². The summed E-state index contributed by atoms with van der Waals surface area (Å²) in [6.45, 7) is 5.95. The maximum Gasteiger partial charge on any atom is 0.274 e. The van der Waals surface area contributed by atoms with Crippen molar-refractivity contribution in [3.05, 3.63) is 98.7 Å². The van der Waals surface area contributed by atoms with Gasteiger partial charge in [0, 0.05) is 34.5 Å². The van der Waals surface area contributed by atoms with Crippen LogP contribution in [0.1, 0.15) is 52.6 Å². The van der Waals surface area contributed by atoms with E-state index in [1.165, 1.54) is 17.7 Å². The second-order valence-corrected chi connectivity index (χ2v) is 9.54. The molecule has 0 saturated carbocycles. The largest absolute Gasteiger partial charge is 0.316 e. The fraction of sp³-hybridized carbons (Fsp3) is 0.280. The van der Waals surface area contributed by atoms with Crippen molar-refractivity contribution in [2.75, 3.05) is 11.7 Å². The number of amides is 1. The van der Waals surface area contributed by atoms with Crippen molar-refractivity contribution in [3.63, 3.8) is 0 Å². The molecule has 1 atom stereocenters. The first kappa shape index (κ1) is 20.8. The minimum absolute atomic E-state index is 0.0594.